The third-order valence-electron chi connectivity index (χ3n) is 2.91. The second-order valence-corrected chi connectivity index (χ2v) is 4.19. The van der Waals surface area contributed by atoms with Gasteiger partial charge < -0.3 is 14.7 Å². The molecule has 1 N–H and O–H groups in total. The van der Waals surface area contributed by atoms with Gasteiger partial charge in [-0.2, -0.15) is 0 Å². The summed E-state index contributed by atoms with van der Waals surface area (Å²) in [6, 6.07) is 5.33. The average molecular weight is 297 g/mol. The van der Waals surface area contributed by atoms with Crippen LogP contribution < -0.4 is 5.32 Å². The van der Waals surface area contributed by atoms with E-state index in [2.05, 4.69) is 28.8 Å². The lowest BCUT2D eigenvalue weighted by atomic mass is 10.1. The molecule has 0 aliphatic carbocycles. The largest absolute Gasteiger partial charge is 0.397 e. The number of amides is 1. The highest BCUT2D eigenvalue weighted by molar-refractivity contribution is 6.06. The van der Waals surface area contributed by atoms with E-state index in [1.165, 1.54) is 7.11 Å². The van der Waals surface area contributed by atoms with Gasteiger partial charge in [-0.25, -0.2) is 0 Å². The zero-order valence-corrected chi connectivity index (χ0v) is 12.1. The van der Waals surface area contributed by atoms with E-state index in [-0.39, 0.29) is 0 Å². The van der Waals surface area contributed by atoms with Gasteiger partial charge in [-0.05, 0) is 18.2 Å². The molecule has 1 amide bonds. The summed E-state index contributed by atoms with van der Waals surface area (Å²) in [7, 11) is 1.40. The number of allylic oxidation sites excluding steroid dienone is 4. The lowest BCUT2D eigenvalue weighted by molar-refractivity contribution is -0.108. The summed E-state index contributed by atoms with van der Waals surface area (Å²) < 4.78 is 5.38. The molecule has 112 valence electrons. The summed E-state index contributed by atoms with van der Waals surface area (Å²) in [5, 5.41) is 11.0. The van der Waals surface area contributed by atoms with E-state index in [4.69, 9.17) is 9.36 Å². The molecule has 0 saturated heterocycles. The number of benzene rings is 1. The van der Waals surface area contributed by atoms with E-state index in [0.717, 1.165) is 11.0 Å². The molecule has 6 heteroatoms. The van der Waals surface area contributed by atoms with Crippen LogP contribution in [0, 0.1) is 0 Å². The first-order valence-corrected chi connectivity index (χ1v) is 6.41. The fourth-order valence-corrected chi connectivity index (χ4v) is 1.97. The molecular weight excluding hydrogens is 282 g/mol. The Morgan fingerprint density at radius 2 is 2.27 bits per heavy atom. The Morgan fingerprint density at radius 3 is 2.91 bits per heavy atom. The summed E-state index contributed by atoms with van der Waals surface area (Å²) in [5.74, 6) is 0.856. The van der Waals surface area contributed by atoms with Crippen molar-refractivity contribution in [2.24, 2.45) is 5.16 Å². The second-order valence-electron chi connectivity index (χ2n) is 4.19. The van der Waals surface area contributed by atoms with Gasteiger partial charge in [0.2, 0.25) is 6.41 Å². The van der Waals surface area contributed by atoms with Crippen LogP contribution in [0.5, 0.6) is 0 Å². The number of nitrogens with one attached hydrogen (secondary N) is 1. The minimum absolute atomic E-state index is 0.291. The first kappa shape index (κ1) is 15.2. The lowest BCUT2D eigenvalue weighted by Crippen LogP contribution is -2.22. The third kappa shape index (κ3) is 2.95. The van der Waals surface area contributed by atoms with E-state index >= 15 is 0 Å². The number of aromatic nitrogens is 1. The van der Waals surface area contributed by atoms with Gasteiger partial charge in [0, 0.05) is 11.1 Å². The van der Waals surface area contributed by atoms with Crippen molar-refractivity contribution in [2.45, 2.75) is 0 Å². The Bertz CT molecular complexity index is 772. The average Bonchev–Trinajstić information content (AvgIpc) is 2.95. The number of rotatable bonds is 6. The van der Waals surface area contributed by atoms with E-state index < -0.39 is 0 Å². The number of fused-ring (bicyclic) bond motifs is 1. The first-order valence-electron chi connectivity index (χ1n) is 6.41. The quantitative estimate of drug-likeness (QED) is 0.292. The van der Waals surface area contributed by atoms with Crippen LogP contribution in [0.1, 0.15) is 11.3 Å². The Hall–Kier alpha value is -3.15. The fraction of sp³-hybridized carbons (Fsp3) is 0.0625. The van der Waals surface area contributed by atoms with Crippen molar-refractivity contribution >= 4 is 28.7 Å². The molecule has 0 spiro atoms. The Labute approximate surface area is 127 Å². The van der Waals surface area contributed by atoms with Crippen molar-refractivity contribution in [1.29, 1.82) is 0 Å². The van der Waals surface area contributed by atoms with Gasteiger partial charge in [-0.15, -0.1) is 0 Å². The van der Waals surface area contributed by atoms with Crippen molar-refractivity contribution in [3.8, 4) is 0 Å². The van der Waals surface area contributed by atoms with Crippen molar-refractivity contribution < 1.29 is 14.2 Å². The van der Waals surface area contributed by atoms with Gasteiger partial charge >= 0.3 is 0 Å². The predicted molar refractivity (Wildman–Crippen MR) is 85.1 cm³/mol. The number of carbonyl (C=O) groups excluding carboxylic acids is 1. The molecule has 0 radical (unpaired) electrons. The first-order chi connectivity index (χ1) is 10.7. The summed E-state index contributed by atoms with van der Waals surface area (Å²) in [5.41, 5.74) is 2.09. The molecule has 0 aliphatic heterocycles. The maximum atomic E-state index is 10.7. The van der Waals surface area contributed by atoms with Crippen LogP contribution >= 0.6 is 0 Å². The summed E-state index contributed by atoms with van der Waals surface area (Å²) in [4.78, 5) is 15.4. The molecule has 2 rings (SSSR count). The lowest BCUT2D eigenvalue weighted by Gasteiger charge is -2.04. The summed E-state index contributed by atoms with van der Waals surface area (Å²) >= 11 is 0. The van der Waals surface area contributed by atoms with Crippen LogP contribution in [-0.2, 0) is 9.63 Å². The molecule has 1 heterocycles. The van der Waals surface area contributed by atoms with Crippen molar-refractivity contribution in [2.75, 3.05) is 7.11 Å². The van der Waals surface area contributed by atoms with Crippen LogP contribution in [0.3, 0.4) is 0 Å². The molecule has 0 aliphatic rings. The molecule has 0 fully saturated rings. The van der Waals surface area contributed by atoms with E-state index in [1.54, 1.807) is 36.4 Å². The van der Waals surface area contributed by atoms with E-state index in [0.29, 0.717) is 29.1 Å². The maximum Gasteiger partial charge on any atom is 0.212 e. The van der Waals surface area contributed by atoms with Crippen molar-refractivity contribution in [1.82, 2.24) is 10.5 Å². The number of nitrogens with zero attached hydrogens (tertiary/aromatic N) is 2. The maximum absolute atomic E-state index is 10.7. The van der Waals surface area contributed by atoms with E-state index in [9.17, 15) is 4.79 Å². The standard InChI is InChI=1S/C16H15N3O3/c1-4-6-11(5-2)15-13-9-12(7-8-14(13)18-22-15)16(17-10-20)19-21-3/h4-10H,1-2H2,3H3,(H,17,19,20)/b11-6+. The third-order valence-corrected chi connectivity index (χ3v) is 2.91. The number of hydrogen-bond donors (Lipinski definition) is 1. The molecule has 1 aromatic carbocycles. The van der Waals surface area contributed by atoms with Gasteiger partial charge in [-0.1, -0.05) is 41.7 Å². The molecule has 0 saturated carbocycles. The normalized spacial score (nSPS) is 12.0. The van der Waals surface area contributed by atoms with Crippen LogP contribution in [0.15, 0.2) is 59.3 Å². The van der Waals surface area contributed by atoms with Gasteiger partial charge in [0.05, 0.1) is 5.39 Å². The molecule has 22 heavy (non-hydrogen) atoms. The highest BCUT2D eigenvalue weighted by Gasteiger charge is 2.13. The molecular formula is C16H15N3O3. The molecule has 6 nitrogen and oxygen atoms in total. The van der Waals surface area contributed by atoms with Crippen LogP contribution in [0.2, 0.25) is 0 Å². The zero-order valence-electron chi connectivity index (χ0n) is 12.1. The highest BCUT2D eigenvalue weighted by atomic mass is 16.6. The zero-order chi connectivity index (χ0) is 15.9. The summed E-state index contributed by atoms with van der Waals surface area (Å²) in [6.45, 7) is 7.41. The number of carbonyl (C=O) groups is 1. The van der Waals surface area contributed by atoms with Gasteiger partial charge in [0.25, 0.3) is 0 Å². The van der Waals surface area contributed by atoms with Crippen molar-refractivity contribution in [3.05, 3.63) is 60.9 Å². The Morgan fingerprint density at radius 1 is 1.45 bits per heavy atom. The molecule has 0 bridgehead atoms. The Kier molecular flexibility index (Phi) is 4.87. The van der Waals surface area contributed by atoms with Crippen molar-refractivity contribution in [3.63, 3.8) is 0 Å². The summed E-state index contributed by atoms with van der Waals surface area (Å²) in [6.07, 6.45) is 5.60. The molecule has 2 aromatic rings. The number of amidine groups is 1. The van der Waals surface area contributed by atoms with Gasteiger partial charge in [0.1, 0.15) is 12.6 Å². The highest BCUT2D eigenvalue weighted by Crippen LogP contribution is 2.26. The topological polar surface area (TPSA) is 76.7 Å². The number of oxime groups is 1. The molecule has 0 atom stereocenters. The van der Waals surface area contributed by atoms with Gasteiger partial charge in [0.15, 0.2) is 11.6 Å². The van der Waals surface area contributed by atoms with E-state index in [1.807, 2.05) is 0 Å². The van der Waals surface area contributed by atoms with Crippen LogP contribution in [0.4, 0.5) is 0 Å². The molecule has 0 unspecified atom stereocenters. The van der Waals surface area contributed by atoms with Crippen LogP contribution in [0.25, 0.3) is 16.5 Å². The molecule has 1 aromatic heterocycles. The second kappa shape index (κ2) is 7.03. The SMILES string of the molecule is C=C/C=C(\C=C)c1onc2ccc(/C(=N/OC)NC=O)cc12. The van der Waals surface area contributed by atoms with Gasteiger partial charge in [-0.3, -0.25) is 4.79 Å². The predicted octanol–water partition coefficient (Wildman–Crippen LogP) is 2.64. The fourth-order valence-electron chi connectivity index (χ4n) is 1.97. The minimum Gasteiger partial charge on any atom is -0.397 e. The monoisotopic (exact) mass is 297 g/mol. The Balaban J connectivity index is 2.60. The van der Waals surface area contributed by atoms with Crippen LogP contribution in [-0.4, -0.2) is 24.5 Å². The minimum atomic E-state index is 0.291. The smallest absolute Gasteiger partial charge is 0.212 e. The number of hydrogen-bond acceptors (Lipinski definition) is 5.